The van der Waals surface area contributed by atoms with Gasteiger partial charge < -0.3 is 15.0 Å². The number of aliphatic hydroxyl groups excluding tert-OH is 1. The zero-order valence-corrected chi connectivity index (χ0v) is 20.1. The second-order valence-electron chi connectivity index (χ2n) is 12.7. The van der Waals surface area contributed by atoms with Gasteiger partial charge in [-0.15, -0.1) is 0 Å². The van der Waals surface area contributed by atoms with Crippen LogP contribution in [0.25, 0.3) is 0 Å². The lowest BCUT2D eigenvalue weighted by Gasteiger charge is -2.52. The zero-order chi connectivity index (χ0) is 21.9. The van der Waals surface area contributed by atoms with Crippen molar-refractivity contribution in [2.24, 2.45) is 52.3 Å². The number of carbonyl (C=O) groups excluding carboxylic acids is 1. The fraction of sp³-hybridized carbons (Fsp3) is 0.963. The number of aliphatic hydroxyl groups is 2. The fourth-order valence-corrected chi connectivity index (χ4v) is 9.39. The van der Waals surface area contributed by atoms with E-state index in [0.717, 1.165) is 43.3 Å². The number of hydrogen-bond donors (Lipinski definition) is 2. The summed E-state index contributed by atoms with van der Waals surface area (Å²) in [6.07, 6.45) is 11.5. The van der Waals surface area contributed by atoms with Crippen LogP contribution in [0.2, 0.25) is 0 Å². The highest BCUT2D eigenvalue weighted by molar-refractivity contribution is 5.59. The Hall–Kier alpha value is -0.410. The van der Waals surface area contributed by atoms with Crippen LogP contribution in [0.15, 0.2) is 0 Å². The maximum absolute atomic E-state index is 12.4. The molecule has 172 valence electrons. The van der Waals surface area contributed by atoms with E-state index in [9.17, 15) is 15.0 Å². The average Bonchev–Trinajstić information content (AvgIpc) is 3.11. The first kappa shape index (κ1) is 22.8. The van der Waals surface area contributed by atoms with Crippen LogP contribution in [0, 0.1) is 52.3 Å². The van der Waals surface area contributed by atoms with Crippen LogP contribution in [0.3, 0.4) is 0 Å². The lowest BCUT2D eigenvalue weighted by molar-refractivity contribution is -0.156. The fourth-order valence-electron chi connectivity index (χ4n) is 9.39. The van der Waals surface area contributed by atoms with Crippen molar-refractivity contribution in [3.63, 3.8) is 0 Å². The number of carbonyl (C=O) groups is 1. The van der Waals surface area contributed by atoms with Crippen molar-refractivity contribution in [3.8, 4) is 0 Å². The number of rotatable bonds is 6. The maximum Gasteiger partial charge on any atom is 0.126 e. The molecule has 0 aliphatic heterocycles. The van der Waals surface area contributed by atoms with Gasteiger partial charge in [-0.3, -0.25) is 0 Å². The van der Waals surface area contributed by atoms with E-state index in [1.807, 2.05) is 0 Å². The van der Waals surface area contributed by atoms with Crippen molar-refractivity contribution in [2.75, 3.05) is 0 Å². The lowest BCUT2D eigenvalue weighted by atomic mass is 9.53. The van der Waals surface area contributed by atoms with Gasteiger partial charge in [-0.25, -0.2) is 0 Å². The molecule has 0 saturated heterocycles. The van der Waals surface area contributed by atoms with E-state index in [-0.39, 0.29) is 11.3 Å². The van der Waals surface area contributed by atoms with Crippen LogP contribution in [0.5, 0.6) is 0 Å². The largest absolute Gasteiger partial charge is 0.393 e. The highest BCUT2D eigenvalue weighted by atomic mass is 16.3. The van der Waals surface area contributed by atoms with Crippen LogP contribution < -0.4 is 0 Å². The Morgan fingerprint density at radius 2 is 1.73 bits per heavy atom. The van der Waals surface area contributed by atoms with Gasteiger partial charge in [0.25, 0.3) is 0 Å². The van der Waals surface area contributed by atoms with Crippen molar-refractivity contribution in [1.29, 1.82) is 0 Å². The Morgan fingerprint density at radius 1 is 1.00 bits per heavy atom. The van der Waals surface area contributed by atoms with Crippen molar-refractivity contribution in [3.05, 3.63) is 0 Å². The van der Waals surface area contributed by atoms with Crippen LogP contribution in [-0.2, 0) is 4.79 Å². The standard InChI is InChI=1S/C27H46O3/c1-17(2)7-6-8-18(3)20-9-10-21-24-22(12-13-25(20,21)4)26(5)14-11-19(29)15-27(26,30)23(24)16-28/h16-24,29-30H,6-15H2,1-5H3/t18-,19+,20-,21+,22+,23?,24+,25-,26-,27-/m1/s1. The first-order valence-corrected chi connectivity index (χ1v) is 12.9. The van der Waals surface area contributed by atoms with Gasteiger partial charge in [0.15, 0.2) is 0 Å². The summed E-state index contributed by atoms with van der Waals surface area (Å²) < 4.78 is 0. The predicted octanol–water partition coefficient (Wildman–Crippen LogP) is 5.62. The van der Waals surface area contributed by atoms with Gasteiger partial charge >= 0.3 is 0 Å². The van der Waals surface area contributed by atoms with Crippen molar-refractivity contribution in [1.82, 2.24) is 0 Å². The molecule has 4 aliphatic carbocycles. The van der Waals surface area contributed by atoms with Gasteiger partial charge in [0.1, 0.15) is 6.29 Å². The third kappa shape index (κ3) is 3.16. The Labute approximate surface area is 184 Å². The molecule has 4 fully saturated rings. The first-order valence-electron chi connectivity index (χ1n) is 12.9. The predicted molar refractivity (Wildman–Crippen MR) is 121 cm³/mol. The average molecular weight is 419 g/mol. The van der Waals surface area contributed by atoms with Gasteiger partial charge in [-0.1, -0.05) is 53.9 Å². The summed E-state index contributed by atoms with van der Waals surface area (Å²) in [5.74, 6) is 3.25. The Kier molecular flexibility index (Phi) is 5.97. The molecular weight excluding hydrogens is 372 g/mol. The molecule has 0 spiro atoms. The normalized spacial score (nSPS) is 51.3. The molecule has 0 aromatic carbocycles. The second-order valence-corrected chi connectivity index (χ2v) is 12.7. The first-order chi connectivity index (χ1) is 14.1. The molecule has 0 bridgehead atoms. The smallest absolute Gasteiger partial charge is 0.126 e. The molecule has 4 rings (SSSR count). The van der Waals surface area contributed by atoms with Gasteiger partial charge in [-0.2, -0.15) is 0 Å². The minimum Gasteiger partial charge on any atom is -0.393 e. The quantitative estimate of drug-likeness (QED) is 0.551. The molecule has 1 unspecified atom stereocenters. The minimum absolute atomic E-state index is 0.217. The van der Waals surface area contributed by atoms with Gasteiger partial charge in [-0.05, 0) is 79.4 Å². The summed E-state index contributed by atoms with van der Waals surface area (Å²) in [7, 11) is 0. The van der Waals surface area contributed by atoms with E-state index >= 15 is 0 Å². The molecule has 10 atom stereocenters. The molecule has 0 heterocycles. The molecule has 4 saturated carbocycles. The molecule has 3 nitrogen and oxygen atoms in total. The zero-order valence-electron chi connectivity index (χ0n) is 20.1. The summed E-state index contributed by atoms with van der Waals surface area (Å²) in [6, 6.07) is 0. The molecule has 0 amide bonds. The van der Waals surface area contributed by atoms with Gasteiger partial charge in [0.2, 0.25) is 0 Å². The highest BCUT2D eigenvalue weighted by Crippen LogP contribution is 2.72. The van der Waals surface area contributed by atoms with Crippen molar-refractivity contribution >= 4 is 6.29 Å². The summed E-state index contributed by atoms with van der Waals surface area (Å²) >= 11 is 0. The third-order valence-corrected chi connectivity index (χ3v) is 11.0. The number of hydrogen-bond acceptors (Lipinski definition) is 3. The van der Waals surface area contributed by atoms with Gasteiger partial charge in [0.05, 0.1) is 11.7 Å². The topological polar surface area (TPSA) is 57.5 Å². The van der Waals surface area contributed by atoms with Crippen LogP contribution in [-0.4, -0.2) is 28.2 Å². The molecule has 0 aromatic rings. The van der Waals surface area contributed by atoms with E-state index in [0.29, 0.717) is 29.6 Å². The SMILES string of the molecule is CC(C)CCC[C@@H](C)[C@H]1CC[C@H]2[C@@H]3C(C=O)[C@]4(O)C[C@@H](O)CC[C@]4(C)[C@H]3CC[C@]12C. The van der Waals surface area contributed by atoms with Crippen molar-refractivity contribution < 1.29 is 15.0 Å². The monoisotopic (exact) mass is 418 g/mol. The molecule has 4 aliphatic rings. The Balaban J connectivity index is 1.59. The molecule has 30 heavy (non-hydrogen) atoms. The molecule has 3 heteroatoms. The van der Waals surface area contributed by atoms with Gasteiger partial charge in [0, 0.05) is 17.8 Å². The molecule has 0 aromatic heterocycles. The minimum atomic E-state index is -1.02. The Bertz CT molecular complexity index is 646. The highest BCUT2D eigenvalue weighted by Gasteiger charge is 2.72. The van der Waals surface area contributed by atoms with E-state index in [1.165, 1.54) is 38.5 Å². The van der Waals surface area contributed by atoms with E-state index in [1.54, 1.807) is 0 Å². The molecule has 0 radical (unpaired) electrons. The lowest BCUT2D eigenvalue weighted by Crippen LogP contribution is -2.54. The summed E-state index contributed by atoms with van der Waals surface area (Å²) in [5, 5.41) is 22.3. The number of fused-ring (bicyclic) bond motifs is 5. The van der Waals surface area contributed by atoms with Crippen LogP contribution in [0.4, 0.5) is 0 Å². The van der Waals surface area contributed by atoms with E-state index in [2.05, 4.69) is 34.6 Å². The van der Waals surface area contributed by atoms with E-state index < -0.39 is 11.7 Å². The summed E-state index contributed by atoms with van der Waals surface area (Å²) in [5.41, 5.74) is -0.933. The van der Waals surface area contributed by atoms with E-state index in [4.69, 9.17) is 0 Å². The second kappa shape index (κ2) is 7.87. The molecule has 2 N–H and O–H groups in total. The molecular formula is C27H46O3. The Morgan fingerprint density at radius 3 is 2.40 bits per heavy atom. The number of aldehydes is 1. The van der Waals surface area contributed by atoms with Crippen LogP contribution in [0.1, 0.15) is 98.8 Å². The van der Waals surface area contributed by atoms with Crippen molar-refractivity contribution in [2.45, 2.75) is 111 Å². The summed E-state index contributed by atoms with van der Waals surface area (Å²) in [6.45, 7) is 11.9. The third-order valence-electron chi connectivity index (χ3n) is 11.0. The maximum atomic E-state index is 12.4. The summed E-state index contributed by atoms with van der Waals surface area (Å²) in [4.78, 5) is 12.4. The van der Waals surface area contributed by atoms with Crippen LogP contribution >= 0.6 is 0 Å².